The van der Waals surface area contributed by atoms with E-state index >= 15 is 0 Å². The molecule has 1 amide bonds. The van der Waals surface area contributed by atoms with Gasteiger partial charge in [0.05, 0.1) is 5.56 Å². The van der Waals surface area contributed by atoms with E-state index < -0.39 is 5.82 Å². The minimum atomic E-state index is -0.549. The third-order valence-electron chi connectivity index (χ3n) is 4.60. The van der Waals surface area contributed by atoms with Gasteiger partial charge in [0.15, 0.2) is 5.78 Å². The second kappa shape index (κ2) is 8.61. The van der Waals surface area contributed by atoms with Crippen molar-refractivity contribution in [2.75, 3.05) is 23.3 Å². The second-order valence-corrected chi connectivity index (χ2v) is 6.55. The topological polar surface area (TPSA) is 49.4 Å². The maximum Gasteiger partial charge on any atom is 0.224 e. The summed E-state index contributed by atoms with van der Waals surface area (Å²) < 4.78 is 13.6. The van der Waals surface area contributed by atoms with Crippen LogP contribution in [0, 0.1) is 5.82 Å². The first-order chi connectivity index (χ1) is 12.6. The number of amides is 1. The number of rotatable bonds is 6. The van der Waals surface area contributed by atoms with E-state index in [9.17, 15) is 14.0 Å². The number of halogens is 1. The molecule has 0 unspecified atom stereocenters. The normalized spacial score (nSPS) is 14.1. The number of carbonyl (C=O) groups excluding carboxylic acids is 2. The monoisotopic (exact) mass is 354 g/mol. The van der Waals surface area contributed by atoms with Crippen LogP contribution in [0.25, 0.3) is 0 Å². The summed E-state index contributed by atoms with van der Waals surface area (Å²) in [6.45, 7) is 2.07. The van der Waals surface area contributed by atoms with Crippen LogP contribution in [0.2, 0.25) is 0 Å². The molecule has 4 nitrogen and oxygen atoms in total. The molecule has 1 aliphatic heterocycles. The molecule has 0 aliphatic carbocycles. The molecule has 0 radical (unpaired) electrons. The highest BCUT2D eigenvalue weighted by molar-refractivity contribution is 6.00. The van der Waals surface area contributed by atoms with Crippen molar-refractivity contribution in [2.45, 2.75) is 32.1 Å². The molecule has 1 saturated heterocycles. The van der Waals surface area contributed by atoms with Crippen LogP contribution < -0.4 is 10.2 Å². The molecule has 0 bridgehead atoms. The van der Waals surface area contributed by atoms with Crippen LogP contribution in [0.15, 0.2) is 48.5 Å². The zero-order valence-corrected chi connectivity index (χ0v) is 14.7. The average Bonchev–Trinajstić information content (AvgIpc) is 2.67. The third kappa shape index (κ3) is 4.69. The van der Waals surface area contributed by atoms with Crippen LogP contribution in [-0.4, -0.2) is 24.8 Å². The lowest BCUT2D eigenvalue weighted by molar-refractivity contribution is -0.116. The average molecular weight is 354 g/mol. The first-order valence-corrected chi connectivity index (χ1v) is 9.06. The Balaban J connectivity index is 1.55. The van der Waals surface area contributed by atoms with Crippen molar-refractivity contribution in [3.63, 3.8) is 0 Å². The van der Waals surface area contributed by atoms with Crippen LogP contribution in [-0.2, 0) is 4.79 Å². The van der Waals surface area contributed by atoms with Crippen molar-refractivity contribution in [3.8, 4) is 0 Å². The molecule has 26 heavy (non-hydrogen) atoms. The molecule has 0 spiro atoms. The molecular weight excluding hydrogens is 331 g/mol. The van der Waals surface area contributed by atoms with Gasteiger partial charge in [0, 0.05) is 37.3 Å². The lowest BCUT2D eigenvalue weighted by Crippen LogP contribution is -2.29. The second-order valence-electron chi connectivity index (χ2n) is 6.55. The summed E-state index contributed by atoms with van der Waals surface area (Å²) in [5.74, 6) is -1.15. The van der Waals surface area contributed by atoms with Crippen LogP contribution in [0.4, 0.5) is 15.8 Å². The highest BCUT2D eigenvalue weighted by Crippen LogP contribution is 2.23. The predicted octanol–water partition coefficient (Wildman–Crippen LogP) is 4.42. The Bertz CT molecular complexity index is 785. The van der Waals surface area contributed by atoms with Crippen molar-refractivity contribution >= 4 is 23.1 Å². The fraction of sp³-hybridized carbons (Fsp3) is 0.333. The number of hydrogen-bond donors (Lipinski definition) is 1. The van der Waals surface area contributed by atoms with Gasteiger partial charge in [-0.3, -0.25) is 9.59 Å². The number of hydrogen-bond acceptors (Lipinski definition) is 3. The van der Waals surface area contributed by atoms with E-state index in [-0.39, 0.29) is 30.1 Å². The van der Waals surface area contributed by atoms with Crippen molar-refractivity contribution in [1.82, 2.24) is 0 Å². The molecule has 136 valence electrons. The van der Waals surface area contributed by atoms with Gasteiger partial charge in [-0.25, -0.2) is 4.39 Å². The van der Waals surface area contributed by atoms with Gasteiger partial charge in [-0.2, -0.15) is 0 Å². The van der Waals surface area contributed by atoms with Crippen LogP contribution in [0.1, 0.15) is 42.5 Å². The molecule has 1 N–H and O–H groups in total. The number of piperidine rings is 1. The Morgan fingerprint density at radius 2 is 1.73 bits per heavy atom. The Kier molecular flexibility index (Phi) is 6.00. The molecule has 1 heterocycles. The molecular formula is C21H23FN2O2. The van der Waals surface area contributed by atoms with Crippen LogP contribution >= 0.6 is 0 Å². The number of carbonyl (C=O) groups is 2. The first-order valence-electron chi connectivity index (χ1n) is 9.06. The van der Waals surface area contributed by atoms with Crippen LogP contribution in [0.3, 0.4) is 0 Å². The molecule has 2 aromatic carbocycles. The maximum atomic E-state index is 13.6. The van der Waals surface area contributed by atoms with Gasteiger partial charge < -0.3 is 10.2 Å². The van der Waals surface area contributed by atoms with Gasteiger partial charge in [-0.15, -0.1) is 0 Å². The van der Waals surface area contributed by atoms with Crippen molar-refractivity contribution in [1.29, 1.82) is 0 Å². The lowest BCUT2D eigenvalue weighted by Gasteiger charge is -2.29. The molecule has 1 aliphatic rings. The standard InChI is InChI=1S/C21H23FN2O2/c22-19-10-3-2-9-18(19)20(25)11-12-21(26)23-16-7-6-8-17(15-16)24-13-4-1-5-14-24/h2-3,6-10,15H,1,4-5,11-14H2,(H,23,26). The highest BCUT2D eigenvalue weighted by Gasteiger charge is 2.14. The quantitative estimate of drug-likeness (QED) is 0.782. The smallest absolute Gasteiger partial charge is 0.224 e. The van der Waals surface area contributed by atoms with Gasteiger partial charge in [0.25, 0.3) is 0 Å². The molecule has 0 atom stereocenters. The number of nitrogens with one attached hydrogen (secondary N) is 1. The Morgan fingerprint density at radius 3 is 2.50 bits per heavy atom. The molecule has 3 rings (SSSR count). The summed E-state index contributed by atoms with van der Waals surface area (Å²) >= 11 is 0. The van der Waals surface area contributed by atoms with E-state index in [1.807, 2.05) is 24.3 Å². The van der Waals surface area contributed by atoms with E-state index in [0.29, 0.717) is 0 Å². The number of benzene rings is 2. The number of Topliss-reactive ketones (excluding diaryl/α,β-unsaturated/α-hetero) is 1. The molecule has 0 aromatic heterocycles. The van der Waals surface area contributed by atoms with E-state index in [1.165, 1.54) is 37.5 Å². The molecule has 2 aromatic rings. The fourth-order valence-electron chi connectivity index (χ4n) is 3.21. The zero-order valence-electron chi connectivity index (χ0n) is 14.7. The summed E-state index contributed by atoms with van der Waals surface area (Å²) in [6.07, 6.45) is 3.66. The van der Waals surface area contributed by atoms with Crippen LogP contribution in [0.5, 0.6) is 0 Å². The molecule has 0 saturated carbocycles. The van der Waals surface area contributed by atoms with Crippen molar-refractivity contribution < 1.29 is 14.0 Å². The fourth-order valence-corrected chi connectivity index (χ4v) is 3.21. The highest BCUT2D eigenvalue weighted by atomic mass is 19.1. The maximum absolute atomic E-state index is 13.6. The zero-order chi connectivity index (χ0) is 18.4. The summed E-state index contributed by atoms with van der Waals surface area (Å²) in [5, 5.41) is 2.83. The van der Waals surface area contributed by atoms with Gasteiger partial charge in [0.1, 0.15) is 5.82 Å². The van der Waals surface area contributed by atoms with E-state index in [4.69, 9.17) is 0 Å². The van der Waals surface area contributed by atoms with Gasteiger partial charge in [-0.1, -0.05) is 18.2 Å². The predicted molar refractivity (Wildman–Crippen MR) is 101 cm³/mol. The van der Waals surface area contributed by atoms with Gasteiger partial charge in [-0.05, 0) is 49.6 Å². The SMILES string of the molecule is O=C(CCC(=O)c1ccccc1F)Nc1cccc(N2CCCCC2)c1. The van der Waals surface area contributed by atoms with Crippen molar-refractivity contribution in [2.24, 2.45) is 0 Å². The number of nitrogens with zero attached hydrogens (tertiary/aromatic N) is 1. The van der Waals surface area contributed by atoms with E-state index in [1.54, 1.807) is 6.07 Å². The molecule has 5 heteroatoms. The van der Waals surface area contributed by atoms with E-state index in [2.05, 4.69) is 10.2 Å². The van der Waals surface area contributed by atoms with Crippen molar-refractivity contribution in [3.05, 3.63) is 59.9 Å². The van der Waals surface area contributed by atoms with Gasteiger partial charge >= 0.3 is 0 Å². The summed E-state index contributed by atoms with van der Waals surface area (Å²) in [4.78, 5) is 26.5. The Labute approximate surface area is 153 Å². The van der Waals surface area contributed by atoms with E-state index in [0.717, 1.165) is 24.5 Å². The third-order valence-corrected chi connectivity index (χ3v) is 4.60. The minimum Gasteiger partial charge on any atom is -0.371 e. The largest absolute Gasteiger partial charge is 0.371 e. The minimum absolute atomic E-state index is 0.0153. The summed E-state index contributed by atoms with van der Waals surface area (Å²) in [7, 11) is 0. The number of ketones is 1. The van der Waals surface area contributed by atoms with Gasteiger partial charge in [0.2, 0.25) is 5.91 Å². The summed E-state index contributed by atoms with van der Waals surface area (Å²) in [6, 6.07) is 13.6. The lowest BCUT2D eigenvalue weighted by atomic mass is 10.1. The Hall–Kier alpha value is -2.69. The summed E-state index contributed by atoms with van der Waals surface area (Å²) in [5.41, 5.74) is 1.86. The first kappa shape index (κ1) is 18.1. The Morgan fingerprint density at radius 1 is 0.962 bits per heavy atom. The number of anilines is 2. The molecule has 1 fully saturated rings.